The van der Waals surface area contributed by atoms with E-state index in [0.29, 0.717) is 5.69 Å². The van der Waals surface area contributed by atoms with Crippen molar-refractivity contribution in [3.8, 4) is 6.07 Å². The Bertz CT molecular complexity index is 1260. The van der Waals surface area contributed by atoms with E-state index in [1.807, 2.05) is 91.0 Å². The van der Waals surface area contributed by atoms with E-state index in [1.165, 1.54) is 5.56 Å². The van der Waals surface area contributed by atoms with Crippen LogP contribution < -0.4 is 10.2 Å². The minimum absolute atomic E-state index is 0.0512. The van der Waals surface area contributed by atoms with Crippen LogP contribution in [-0.2, 0) is 11.2 Å². The number of rotatable bonds is 7. The number of anilines is 4. The lowest BCUT2D eigenvalue weighted by atomic mass is 10.1. The van der Waals surface area contributed by atoms with E-state index in [-0.39, 0.29) is 5.57 Å². The van der Waals surface area contributed by atoms with Gasteiger partial charge in [0.05, 0.1) is 0 Å². The molecule has 0 saturated carbocycles. The Kier molecular flexibility index (Phi) is 7.17. The average Bonchev–Trinajstić information content (AvgIpc) is 2.90. The summed E-state index contributed by atoms with van der Waals surface area (Å²) in [5.74, 6) is -0.425. The normalized spacial score (nSPS) is 10.9. The Hall–Kier alpha value is -4.62. The zero-order chi connectivity index (χ0) is 23.8. The highest BCUT2D eigenvalue weighted by molar-refractivity contribution is 6.09. The molecule has 0 saturated heterocycles. The van der Waals surface area contributed by atoms with Crippen molar-refractivity contribution >= 4 is 34.7 Å². The molecule has 0 radical (unpaired) electrons. The highest BCUT2D eigenvalue weighted by Gasteiger charge is 2.13. The number of nitrogens with zero attached hydrogens (tertiary/aromatic N) is 2. The van der Waals surface area contributed by atoms with Gasteiger partial charge in [-0.15, -0.1) is 0 Å². The summed E-state index contributed by atoms with van der Waals surface area (Å²) >= 11 is 0. The topological polar surface area (TPSA) is 56.1 Å². The van der Waals surface area contributed by atoms with E-state index in [2.05, 4.69) is 41.4 Å². The molecule has 0 fully saturated rings. The zero-order valence-corrected chi connectivity index (χ0v) is 19.0. The minimum atomic E-state index is -0.425. The quantitative estimate of drug-likeness (QED) is 0.241. The van der Waals surface area contributed by atoms with Gasteiger partial charge in [0.25, 0.3) is 5.91 Å². The third-order valence-electron chi connectivity index (χ3n) is 5.48. The lowest BCUT2D eigenvalue weighted by Crippen LogP contribution is -2.13. The number of amides is 1. The second-order valence-corrected chi connectivity index (χ2v) is 7.77. The van der Waals surface area contributed by atoms with Gasteiger partial charge in [0.15, 0.2) is 0 Å². The first-order valence-electron chi connectivity index (χ1n) is 11.2. The molecule has 0 heterocycles. The van der Waals surface area contributed by atoms with Gasteiger partial charge in [0.2, 0.25) is 0 Å². The predicted octanol–water partition coefficient (Wildman–Crippen LogP) is 7.26. The molecule has 0 bridgehead atoms. The van der Waals surface area contributed by atoms with Crippen molar-refractivity contribution in [3.63, 3.8) is 0 Å². The SMILES string of the molecule is CCc1ccc(NC(=O)C(C#N)=Cc2ccc(N(c3ccccc3)c3ccccc3)cc2)cc1. The molecule has 0 aliphatic rings. The highest BCUT2D eigenvalue weighted by Crippen LogP contribution is 2.34. The van der Waals surface area contributed by atoms with Crippen molar-refractivity contribution in [2.24, 2.45) is 0 Å². The van der Waals surface area contributed by atoms with Crippen molar-refractivity contribution < 1.29 is 4.79 Å². The zero-order valence-electron chi connectivity index (χ0n) is 19.0. The van der Waals surface area contributed by atoms with Gasteiger partial charge in [-0.1, -0.05) is 67.6 Å². The van der Waals surface area contributed by atoms with Crippen molar-refractivity contribution in [2.75, 3.05) is 10.2 Å². The summed E-state index contributed by atoms with van der Waals surface area (Å²) in [4.78, 5) is 14.8. The van der Waals surface area contributed by atoms with Crippen LogP contribution in [0.4, 0.5) is 22.7 Å². The molecule has 1 amide bonds. The van der Waals surface area contributed by atoms with E-state index in [9.17, 15) is 10.1 Å². The van der Waals surface area contributed by atoms with Gasteiger partial charge in [-0.25, -0.2) is 0 Å². The van der Waals surface area contributed by atoms with E-state index in [4.69, 9.17) is 0 Å². The van der Waals surface area contributed by atoms with Gasteiger partial charge in [-0.05, 0) is 72.2 Å². The molecule has 4 aromatic rings. The fourth-order valence-electron chi connectivity index (χ4n) is 3.66. The first-order valence-corrected chi connectivity index (χ1v) is 11.2. The molecule has 4 heteroatoms. The number of benzene rings is 4. The Balaban J connectivity index is 1.57. The number of nitrogens with one attached hydrogen (secondary N) is 1. The molecule has 4 nitrogen and oxygen atoms in total. The summed E-state index contributed by atoms with van der Waals surface area (Å²) in [5, 5.41) is 12.4. The number of hydrogen-bond donors (Lipinski definition) is 1. The van der Waals surface area contributed by atoms with Gasteiger partial charge >= 0.3 is 0 Å². The Morgan fingerprint density at radius 1 is 0.794 bits per heavy atom. The number of carbonyl (C=O) groups is 1. The largest absolute Gasteiger partial charge is 0.321 e. The Morgan fingerprint density at radius 3 is 1.82 bits per heavy atom. The lowest BCUT2D eigenvalue weighted by Gasteiger charge is -2.25. The first-order chi connectivity index (χ1) is 16.7. The summed E-state index contributed by atoms with van der Waals surface area (Å²) in [6, 6.07) is 37.7. The molecule has 0 atom stereocenters. The van der Waals surface area contributed by atoms with Gasteiger partial charge in [0.1, 0.15) is 11.6 Å². The van der Waals surface area contributed by atoms with Gasteiger partial charge in [-0.3, -0.25) is 4.79 Å². The summed E-state index contributed by atoms with van der Waals surface area (Å²) in [5.41, 5.74) is 5.75. The van der Waals surface area contributed by atoms with Crippen LogP contribution in [0.25, 0.3) is 6.08 Å². The molecule has 0 spiro atoms. The van der Waals surface area contributed by atoms with Crippen LogP contribution in [0.5, 0.6) is 0 Å². The fraction of sp³-hybridized carbons (Fsp3) is 0.0667. The molecule has 0 aliphatic heterocycles. The van der Waals surface area contributed by atoms with Crippen LogP contribution in [0.1, 0.15) is 18.1 Å². The first kappa shape index (κ1) is 22.6. The predicted molar refractivity (Wildman–Crippen MR) is 139 cm³/mol. The summed E-state index contributed by atoms with van der Waals surface area (Å²) in [6.07, 6.45) is 2.54. The van der Waals surface area contributed by atoms with E-state index >= 15 is 0 Å². The highest BCUT2D eigenvalue weighted by atomic mass is 16.1. The molecule has 0 aromatic heterocycles. The third kappa shape index (κ3) is 5.40. The van der Waals surface area contributed by atoms with Crippen molar-refractivity contribution in [1.29, 1.82) is 5.26 Å². The number of para-hydroxylation sites is 2. The van der Waals surface area contributed by atoms with Crippen LogP contribution >= 0.6 is 0 Å². The average molecular weight is 444 g/mol. The molecule has 1 N–H and O–H groups in total. The molecular formula is C30H25N3O. The molecular weight excluding hydrogens is 418 g/mol. The standard InChI is InChI=1S/C30H25N3O/c1-2-23-13-17-26(18-14-23)32-30(34)25(22-31)21-24-15-19-29(20-16-24)33(27-9-5-3-6-10-27)28-11-7-4-8-12-28/h3-21H,2H2,1H3,(H,32,34). The Morgan fingerprint density at radius 2 is 1.32 bits per heavy atom. The number of aryl methyl sites for hydroxylation is 1. The molecule has 4 aromatic carbocycles. The maximum atomic E-state index is 12.6. The second kappa shape index (κ2) is 10.8. The molecule has 4 rings (SSSR count). The maximum absolute atomic E-state index is 12.6. The summed E-state index contributed by atoms with van der Waals surface area (Å²) in [6.45, 7) is 2.08. The third-order valence-corrected chi connectivity index (χ3v) is 5.48. The van der Waals surface area contributed by atoms with E-state index < -0.39 is 5.91 Å². The van der Waals surface area contributed by atoms with Crippen molar-refractivity contribution in [2.45, 2.75) is 13.3 Å². The monoisotopic (exact) mass is 443 g/mol. The Labute approximate surface area is 200 Å². The maximum Gasteiger partial charge on any atom is 0.266 e. The summed E-state index contributed by atoms with van der Waals surface area (Å²) < 4.78 is 0. The lowest BCUT2D eigenvalue weighted by molar-refractivity contribution is -0.112. The minimum Gasteiger partial charge on any atom is -0.321 e. The van der Waals surface area contributed by atoms with Crippen LogP contribution in [0.2, 0.25) is 0 Å². The molecule has 166 valence electrons. The van der Waals surface area contributed by atoms with E-state index in [1.54, 1.807) is 6.08 Å². The van der Waals surface area contributed by atoms with Crippen molar-refractivity contribution in [3.05, 3.63) is 126 Å². The fourth-order valence-corrected chi connectivity index (χ4v) is 3.66. The smallest absolute Gasteiger partial charge is 0.266 e. The van der Waals surface area contributed by atoms with Crippen LogP contribution in [0.15, 0.2) is 115 Å². The number of hydrogen-bond acceptors (Lipinski definition) is 3. The van der Waals surface area contributed by atoms with Crippen LogP contribution in [-0.4, -0.2) is 5.91 Å². The van der Waals surface area contributed by atoms with Crippen molar-refractivity contribution in [1.82, 2.24) is 0 Å². The summed E-state index contributed by atoms with van der Waals surface area (Å²) in [7, 11) is 0. The van der Waals surface area contributed by atoms with Gasteiger partial charge in [0, 0.05) is 22.7 Å². The molecule has 0 aliphatic carbocycles. The molecule has 34 heavy (non-hydrogen) atoms. The number of nitriles is 1. The second-order valence-electron chi connectivity index (χ2n) is 7.77. The van der Waals surface area contributed by atoms with Gasteiger partial charge < -0.3 is 10.2 Å². The van der Waals surface area contributed by atoms with Gasteiger partial charge in [-0.2, -0.15) is 5.26 Å². The van der Waals surface area contributed by atoms with Crippen LogP contribution in [0, 0.1) is 11.3 Å². The molecule has 0 unspecified atom stereocenters. The van der Waals surface area contributed by atoms with Crippen LogP contribution in [0.3, 0.4) is 0 Å². The number of carbonyl (C=O) groups excluding carboxylic acids is 1. The van der Waals surface area contributed by atoms with E-state index in [0.717, 1.165) is 29.0 Å².